The van der Waals surface area contributed by atoms with Crippen LogP contribution in [0.1, 0.15) is 17.5 Å². The van der Waals surface area contributed by atoms with Gasteiger partial charge in [0.1, 0.15) is 0 Å². The molecule has 0 bridgehead atoms. The predicted molar refractivity (Wildman–Crippen MR) is 85.2 cm³/mol. The zero-order chi connectivity index (χ0) is 14.7. The molecule has 1 unspecified atom stereocenters. The summed E-state index contributed by atoms with van der Waals surface area (Å²) in [6, 6.07) is 14.6. The van der Waals surface area contributed by atoms with Gasteiger partial charge in [-0.25, -0.2) is 0 Å². The molecule has 0 aliphatic rings. The minimum Gasteiger partial charge on any atom is -0.393 e. The summed E-state index contributed by atoms with van der Waals surface area (Å²) < 4.78 is 1.80. The summed E-state index contributed by atoms with van der Waals surface area (Å²) in [4.78, 5) is 0. The summed E-state index contributed by atoms with van der Waals surface area (Å²) in [6.45, 7) is 0. The monoisotopic (exact) mass is 280 g/mol. The van der Waals surface area contributed by atoms with Crippen molar-refractivity contribution in [1.29, 1.82) is 0 Å². The molecule has 1 aromatic heterocycles. The molecule has 0 radical (unpaired) electrons. The van der Waals surface area contributed by atoms with Crippen LogP contribution in [-0.4, -0.2) is 21.0 Å². The van der Waals surface area contributed by atoms with E-state index in [4.69, 9.17) is 0 Å². The SMILES string of the molecule is Cn1cc(CCC(O)Cc2cccc3ccccc23)cn1. The Morgan fingerprint density at radius 3 is 2.76 bits per heavy atom. The smallest absolute Gasteiger partial charge is 0.0584 e. The summed E-state index contributed by atoms with van der Waals surface area (Å²) in [5, 5.41) is 16.9. The fourth-order valence-electron chi connectivity index (χ4n) is 2.76. The molecule has 0 aliphatic carbocycles. The highest BCUT2D eigenvalue weighted by molar-refractivity contribution is 5.85. The van der Waals surface area contributed by atoms with Gasteiger partial charge in [-0.15, -0.1) is 0 Å². The van der Waals surface area contributed by atoms with Gasteiger partial charge >= 0.3 is 0 Å². The molecular weight excluding hydrogens is 260 g/mol. The van der Waals surface area contributed by atoms with Gasteiger partial charge in [0.25, 0.3) is 0 Å². The van der Waals surface area contributed by atoms with Gasteiger partial charge in [-0.1, -0.05) is 42.5 Å². The second-order valence-electron chi connectivity index (χ2n) is 5.56. The maximum absolute atomic E-state index is 10.3. The number of aromatic nitrogens is 2. The quantitative estimate of drug-likeness (QED) is 0.780. The molecular formula is C18H20N2O. The number of hydrogen-bond donors (Lipinski definition) is 1. The van der Waals surface area contributed by atoms with E-state index in [1.54, 1.807) is 4.68 Å². The van der Waals surface area contributed by atoms with Crippen molar-refractivity contribution in [1.82, 2.24) is 9.78 Å². The fourth-order valence-corrected chi connectivity index (χ4v) is 2.76. The van der Waals surface area contributed by atoms with Crippen LogP contribution in [0.5, 0.6) is 0 Å². The third-order valence-corrected chi connectivity index (χ3v) is 3.86. The molecule has 3 heteroatoms. The number of aliphatic hydroxyl groups is 1. The molecule has 0 saturated carbocycles. The van der Waals surface area contributed by atoms with E-state index in [9.17, 15) is 5.11 Å². The molecule has 1 heterocycles. The van der Waals surface area contributed by atoms with Crippen LogP contribution in [0.2, 0.25) is 0 Å². The lowest BCUT2D eigenvalue weighted by atomic mass is 9.97. The van der Waals surface area contributed by atoms with E-state index >= 15 is 0 Å². The molecule has 108 valence electrons. The Morgan fingerprint density at radius 2 is 1.95 bits per heavy atom. The first-order valence-electron chi connectivity index (χ1n) is 7.34. The molecule has 0 saturated heterocycles. The number of aliphatic hydroxyl groups excluding tert-OH is 1. The van der Waals surface area contributed by atoms with Crippen molar-refractivity contribution in [2.75, 3.05) is 0 Å². The lowest BCUT2D eigenvalue weighted by Crippen LogP contribution is -2.11. The van der Waals surface area contributed by atoms with Crippen LogP contribution in [0.3, 0.4) is 0 Å². The highest BCUT2D eigenvalue weighted by atomic mass is 16.3. The van der Waals surface area contributed by atoms with Crippen LogP contribution in [-0.2, 0) is 19.9 Å². The molecule has 2 aromatic carbocycles. The zero-order valence-corrected chi connectivity index (χ0v) is 12.2. The second-order valence-corrected chi connectivity index (χ2v) is 5.56. The van der Waals surface area contributed by atoms with E-state index in [-0.39, 0.29) is 6.10 Å². The fraction of sp³-hybridized carbons (Fsp3) is 0.278. The number of aryl methyl sites for hydroxylation is 2. The van der Waals surface area contributed by atoms with Crippen LogP contribution in [0, 0.1) is 0 Å². The number of benzene rings is 2. The maximum Gasteiger partial charge on any atom is 0.0584 e. The Morgan fingerprint density at radius 1 is 1.14 bits per heavy atom. The Balaban J connectivity index is 1.67. The average molecular weight is 280 g/mol. The van der Waals surface area contributed by atoms with Gasteiger partial charge < -0.3 is 5.11 Å². The van der Waals surface area contributed by atoms with Crippen molar-refractivity contribution in [2.24, 2.45) is 7.05 Å². The molecule has 3 rings (SSSR count). The Labute approximate surface area is 124 Å². The lowest BCUT2D eigenvalue weighted by molar-refractivity contribution is 0.165. The van der Waals surface area contributed by atoms with Crippen molar-refractivity contribution < 1.29 is 5.11 Å². The topological polar surface area (TPSA) is 38.0 Å². The van der Waals surface area contributed by atoms with Crippen molar-refractivity contribution in [3.63, 3.8) is 0 Å². The van der Waals surface area contributed by atoms with E-state index in [1.165, 1.54) is 21.9 Å². The van der Waals surface area contributed by atoms with Gasteiger partial charge in [0.2, 0.25) is 0 Å². The minimum absolute atomic E-state index is 0.323. The van der Waals surface area contributed by atoms with Crippen LogP contribution in [0.15, 0.2) is 54.9 Å². The van der Waals surface area contributed by atoms with Gasteiger partial charge in [-0.3, -0.25) is 4.68 Å². The first-order chi connectivity index (χ1) is 10.2. The van der Waals surface area contributed by atoms with Gasteiger partial charge in [0.05, 0.1) is 12.3 Å². The van der Waals surface area contributed by atoms with Crippen molar-refractivity contribution >= 4 is 10.8 Å². The van der Waals surface area contributed by atoms with Crippen molar-refractivity contribution in [3.05, 3.63) is 66.0 Å². The third kappa shape index (κ3) is 3.31. The maximum atomic E-state index is 10.3. The van der Waals surface area contributed by atoms with Gasteiger partial charge in [-0.05, 0) is 41.2 Å². The number of fused-ring (bicyclic) bond motifs is 1. The zero-order valence-electron chi connectivity index (χ0n) is 12.2. The number of rotatable bonds is 5. The molecule has 3 aromatic rings. The van der Waals surface area contributed by atoms with E-state index in [0.717, 1.165) is 12.8 Å². The molecule has 0 aliphatic heterocycles. The van der Waals surface area contributed by atoms with E-state index in [0.29, 0.717) is 6.42 Å². The Bertz CT molecular complexity index is 727. The van der Waals surface area contributed by atoms with Crippen LogP contribution in [0.25, 0.3) is 10.8 Å². The number of nitrogens with zero attached hydrogens (tertiary/aromatic N) is 2. The molecule has 21 heavy (non-hydrogen) atoms. The molecule has 0 fully saturated rings. The summed E-state index contributed by atoms with van der Waals surface area (Å²) in [6.07, 6.45) is 5.86. The summed E-state index contributed by atoms with van der Waals surface area (Å²) >= 11 is 0. The highest BCUT2D eigenvalue weighted by Crippen LogP contribution is 2.20. The summed E-state index contributed by atoms with van der Waals surface area (Å²) in [5.74, 6) is 0. The Hall–Kier alpha value is -2.13. The molecule has 1 atom stereocenters. The number of hydrogen-bond acceptors (Lipinski definition) is 2. The second kappa shape index (κ2) is 6.10. The lowest BCUT2D eigenvalue weighted by Gasteiger charge is -2.12. The largest absolute Gasteiger partial charge is 0.393 e. The van der Waals surface area contributed by atoms with E-state index in [1.807, 2.05) is 31.6 Å². The standard InChI is InChI=1S/C18H20N2O/c1-20-13-14(12-19-20)9-10-17(21)11-16-7-4-6-15-5-2-3-8-18(15)16/h2-8,12-13,17,21H,9-11H2,1H3. The van der Waals surface area contributed by atoms with E-state index in [2.05, 4.69) is 35.4 Å². The van der Waals surface area contributed by atoms with Gasteiger partial charge in [0.15, 0.2) is 0 Å². The van der Waals surface area contributed by atoms with Gasteiger partial charge in [0, 0.05) is 13.2 Å². The predicted octanol–water partition coefficient (Wildman–Crippen LogP) is 3.11. The van der Waals surface area contributed by atoms with Gasteiger partial charge in [-0.2, -0.15) is 5.10 Å². The van der Waals surface area contributed by atoms with Crippen LogP contribution < -0.4 is 0 Å². The first-order valence-corrected chi connectivity index (χ1v) is 7.34. The Kier molecular flexibility index (Phi) is 4.02. The summed E-state index contributed by atoms with van der Waals surface area (Å²) in [7, 11) is 1.91. The first kappa shape index (κ1) is 13.8. The molecule has 3 nitrogen and oxygen atoms in total. The van der Waals surface area contributed by atoms with Crippen molar-refractivity contribution in [3.8, 4) is 0 Å². The molecule has 0 spiro atoms. The van der Waals surface area contributed by atoms with Crippen molar-refractivity contribution in [2.45, 2.75) is 25.4 Å². The normalized spacial score (nSPS) is 12.7. The van der Waals surface area contributed by atoms with Crippen LogP contribution in [0.4, 0.5) is 0 Å². The van der Waals surface area contributed by atoms with Crippen LogP contribution >= 0.6 is 0 Å². The molecule has 1 N–H and O–H groups in total. The van der Waals surface area contributed by atoms with E-state index < -0.39 is 0 Å². The average Bonchev–Trinajstić information content (AvgIpc) is 2.91. The highest BCUT2D eigenvalue weighted by Gasteiger charge is 2.09. The summed E-state index contributed by atoms with van der Waals surface area (Å²) in [5.41, 5.74) is 2.39. The molecule has 0 amide bonds. The third-order valence-electron chi connectivity index (χ3n) is 3.86. The minimum atomic E-state index is -0.323.